The van der Waals surface area contributed by atoms with Crippen molar-refractivity contribution in [2.75, 3.05) is 27.4 Å². The van der Waals surface area contributed by atoms with Gasteiger partial charge in [0.1, 0.15) is 5.82 Å². The molecular formula is C26H25FN4O3. The van der Waals surface area contributed by atoms with E-state index in [9.17, 15) is 18.8 Å². The molecule has 0 saturated carbocycles. The van der Waals surface area contributed by atoms with Gasteiger partial charge >= 0.3 is 0 Å². The summed E-state index contributed by atoms with van der Waals surface area (Å²) in [6.45, 7) is 1.74. The third kappa shape index (κ3) is 5.40. The molecule has 3 amide bonds. The number of amides is 3. The van der Waals surface area contributed by atoms with Crippen LogP contribution >= 0.6 is 0 Å². The number of benzene rings is 3. The molecule has 174 valence electrons. The molecule has 3 aromatic rings. The Bertz CT molecular complexity index is 1220. The van der Waals surface area contributed by atoms with E-state index in [1.54, 1.807) is 29.2 Å². The molecule has 0 saturated heterocycles. The highest BCUT2D eigenvalue weighted by Crippen LogP contribution is 2.31. The molecule has 7 nitrogen and oxygen atoms in total. The molecule has 0 fully saturated rings. The number of hydrogen-bond acceptors (Lipinski definition) is 4. The molecule has 1 atom stereocenters. The lowest BCUT2D eigenvalue weighted by molar-refractivity contribution is -0.118. The molecule has 8 heteroatoms. The molecular weight excluding hydrogens is 435 g/mol. The monoisotopic (exact) mass is 460 g/mol. The zero-order valence-corrected chi connectivity index (χ0v) is 18.7. The summed E-state index contributed by atoms with van der Waals surface area (Å²) in [6, 6.07) is 20.2. The van der Waals surface area contributed by atoms with Gasteiger partial charge in [0.05, 0.1) is 30.0 Å². The minimum absolute atomic E-state index is 0.0293. The number of fused-ring (bicyclic) bond motifs is 1. The minimum atomic E-state index is -0.571. The number of anilines is 4. The SMILES string of the molecule is CC1CC(=O)Nc2ccccc2N1C(=O)CNc1ccc(F)c(NC(=O)Cc2ccccc2)c1. The standard InChI is InChI=1S/C26H25FN4O3/c1-17-13-24(32)29-21-9-5-6-10-23(21)31(17)26(34)16-28-19-11-12-20(27)22(15-19)30-25(33)14-18-7-3-2-4-8-18/h2-12,15,17,28H,13-14,16H2,1H3,(H,29,32)(H,30,33). The predicted molar refractivity (Wildman–Crippen MR) is 130 cm³/mol. The molecule has 0 aromatic heterocycles. The predicted octanol–water partition coefficient (Wildman–Crippen LogP) is 4.18. The molecule has 3 N–H and O–H groups in total. The largest absolute Gasteiger partial charge is 0.376 e. The Kier molecular flexibility index (Phi) is 6.87. The van der Waals surface area contributed by atoms with Gasteiger partial charge in [-0.3, -0.25) is 14.4 Å². The molecule has 0 spiro atoms. The Morgan fingerprint density at radius 3 is 2.59 bits per heavy atom. The maximum atomic E-state index is 14.3. The lowest BCUT2D eigenvalue weighted by Crippen LogP contribution is -2.42. The summed E-state index contributed by atoms with van der Waals surface area (Å²) in [5.74, 6) is -1.31. The van der Waals surface area contributed by atoms with Gasteiger partial charge in [0.15, 0.2) is 0 Å². The van der Waals surface area contributed by atoms with Crippen LogP contribution < -0.4 is 20.9 Å². The Labute approximate surface area is 197 Å². The number of halogens is 1. The van der Waals surface area contributed by atoms with Crippen LogP contribution in [0.1, 0.15) is 18.9 Å². The molecule has 1 unspecified atom stereocenters. The van der Waals surface area contributed by atoms with Crippen LogP contribution in [0.5, 0.6) is 0 Å². The van der Waals surface area contributed by atoms with Crippen LogP contribution in [0.15, 0.2) is 72.8 Å². The molecule has 1 heterocycles. The highest BCUT2D eigenvalue weighted by molar-refractivity contribution is 6.05. The van der Waals surface area contributed by atoms with Gasteiger partial charge in [-0.2, -0.15) is 0 Å². The second-order valence-corrected chi connectivity index (χ2v) is 8.14. The van der Waals surface area contributed by atoms with E-state index in [0.29, 0.717) is 17.1 Å². The number of nitrogens with zero attached hydrogens (tertiary/aromatic N) is 1. The third-order valence-electron chi connectivity index (χ3n) is 5.52. The van der Waals surface area contributed by atoms with Crippen LogP contribution in [0.2, 0.25) is 0 Å². The summed E-state index contributed by atoms with van der Waals surface area (Å²) >= 11 is 0. The number of para-hydroxylation sites is 2. The first kappa shape index (κ1) is 23.0. The highest BCUT2D eigenvalue weighted by Gasteiger charge is 2.29. The molecule has 0 aliphatic carbocycles. The lowest BCUT2D eigenvalue weighted by Gasteiger charge is -2.28. The van der Waals surface area contributed by atoms with Crippen LogP contribution in [0.25, 0.3) is 0 Å². The van der Waals surface area contributed by atoms with Gasteiger partial charge in [0, 0.05) is 18.2 Å². The van der Waals surface area contributed by atoms with Crippen molar-refractivity contribution in [1.29, 1.82) is 0 Å². The van der Waals surface area contributed by atoms with E-state index in [4.69, 9.17) is 0 Å². The molecule has 3 aromatic carbocycles. The first-order chi connectivity index (χ1) is 16.4. The first-order valence-corrected chi connectivity index (χ1v) is 11.0. The van der Waals surface area contributed by atoms with Crippen molar-refractivity contribution in [3.63, 3.8) is 0 Å². The van der Waals surface area contributed by atoms with E-state index in [1.807, 2.05) is 37.3 Å². The highest BCUT2D eigenvalue weighted by atomic mass is 19.1. The van der Waals surface area contributed by atoms with Crippen molar-refractivity contribution >= 4 is 40.5 Å². The number of carbonyl (C=O) groups is 3. The first-order valence-electron chi connectivity index (χ1n) is 11.0. The summed E-state index contributed by atoms with van der Waals surface area (Å²) in [5.41, 5.74) is 2.53. The van der Waals surface area contributed by atoms with Crippen molar-refractivity contribution in [2.45, 2.75) is 25.8 Å². The zero-order chi connectivity index (χ0) is 24.1. The normalized spacial score (nSPS) is 15.1. The Hall–Kier alpha value is -4.20. The Morgan fingerprint density at radius 1 is 1.06 bits per heavy atom. The Morgan fingerprint density at radius 2 is 1.79 bits per heavy atom. The van der Waals surface area contributed by atoms with Crippen molar-refractivity contribution in [1.82, 2.24) is 0 Å². The topological polar surface area (TPSA) is 90.5 Å². The maximum absolute atomic E-state index is 14.3. The quantitative estimate of drug-likeness (QED) is 0.515. The number of rotatable bonds is 6. The molecule has 0 radical (unpaired) electrons. The summed E-state index contributed by atoms with van der Waals surface area (Å²) in [5, 5.41) is 8.41. The van der Waals surface area contributed by atoms with Crippen molar-refractivity contribution < 1.29 is 18.8 Å². The average molecular weight is 461 g/mol. The lowest BCUT2D eigenvalue weighted by atomic mass is 10.1. The van der Waals surface area contributed by atoms with E-state index in [1.165, 1.54) is 18.2 Å². The number of hydrogen-bond donors (Lipinski definition) is 3. The van der Waals surface area contributed by atoms with Gasteiger partial charge in [-0.15, -0.1) is 0 Å². The molecule has 1 aliphatic heterocycles. The van der Waals surface area contributed by atoms with Crippen molar-refractivity contribution in [3.05, 3.63) is 84.2 Å². The summed E-state index contributed by atoms with van der Waals surface area (Å²) in [7, 11) is 0. The summed E-state index contributed by atoms with van der Waals surface area (Å²) in [6.07, 6.45) is 0.296. The number of carbonyl (C=O) groups excluding carboxylic acids is 3. The van der Waals surface area contributed by atoms with Gasteiger partial charge < -0.3 is 20.9 Å². The fraction of sp³-hybridized carbons (Fsp3) is 0.192. The Balaban J connectivity index is 1.44. The van der Waals surface area contributed by atoms with Gasteiger partial charge in [-0.1, -0.05) is 42.5 Å². The van der Waals surface area contributed by atoms with Crippen molar-refractivity contribution in [2.24, 2.45) is 0 Å². The zero-order valence-electron chi connectivity index (χ0n) is 18.7. The molecule has 1 aliphatic rings. The van der Waals surface area contributed by atoms with E-state index in [0.717, 1.165) is 5.56 Å². The van der Waals surface area contributed by atoms with E-state index >= 15 is 0 Å². The van der Waals surface area contributed by atoms with E-state index in [-0.39, 0.29) is 48.8 Å². The van der Waals surface area contributed by atoms with Crippen LogP contribution in [-0.4, -0.2) is 30.3 Å². The second-order valence-electron chi connectivity index (χ2n) is 8.14. The fourth-order valence-corrected chi connectivity index (χ4v) is 3.94. The fourth-order valence-electron chi connectivity index (χ4n) is 3.94. The number of nitrogens with one attached hydrogen (secondary N) is 3. The van der Waals surface area contributed by atoms with Gasteiger partial charge in [-0.25, -0.2) is 4.39 Å². The molecule has 34 heavy (non-hydrogen) atoms. The van der Waals surface area contributed by atoms with Gasteiger partial charge in [-0.05, 0) is 42.8 Å². The molecule has 0 bridgehead atoms. The van der Waals surface area contributed by atoms with E-state index < -0.39 is 5.82 Å². The smallest absolute Gasteiger partial charge is 0.246 e. The van der Waals surface area contributed by atoms with Crippen LogP contribution in [0.4, 0.5) is 27.1 Å². The third-order valence-corrected chi connectivity index (χ3v) is 5.52. The second kappa shape index (κ2) is 10.2. The van der Waals surface area contributed by atoms with Crippen molar-refractivity contribution in [3.8, 4) is 0 Å². The summed E-state index contributed by atoms with van der Waals surface area (Å²) in [4.78, 5) is 39.2. The average Bonchev–Trinajstić information content (AvgIpc) is 2.94. The van der Waals surface area contributed by atoms with Crippen LogP contribution in [0.3, 0.4) is 0 Å². The van der Waals surface area contributed by atoms with Gasteiger partial charge in [0.2, 0.25) is 17.7 Å². The minimum Gasteiger partial charge on any atom is -0.376 e. The maximum Gasteiger partial charge on any atom is 0.246 e. The molecule has 4 rings (SSSR count). The van der Waals surface area contributed by atoms with Crippen LogP contribution in [-0.2, 0) is 20.8 Å². The van der Waals surface area contributed by atoms with E-state index in [2.05, 4.69) is 16.0 Å². The van der Waals surface area contributed by atoms with Crippen LogP contribution in [0, 0.1) is 5.82 Å². The van der Waals surface area contributed by atoms with Gasteiger partial charge in [0.25, 0.3) is 0 Å². The summed E-state index contributed by atoms with van der Waals surface area (Å²) < 4.78 is 14.3.